The molecule has 1 heterocycles. The van der Waals surface area contributed by atoms with Crippen LogP contribution in [0.25, 0.3) is 0 Å². The van der Waals surface area contributed by atoms with Gasteiger partial charge in [-0.05, 0) is 0 Å². The second-order valence-electron chi connectivity index (χ2n) is 2.87. The molecular formula is C8H16N6O2. The van der Waals surface area contributed by atoms with Crippen LogP contribution in [-0.4, -0.2) is 37.6 Å². The lowest BCUT2D eigenvalue weighted by Gasteiger charge is -2.11. The summed E-state index contributed by atoms with van der Waals surface area (Å²) < 4.78 is 10.1. The minimum atomic E-state index is 0.0975. The van der Waals surface area contributed by atoms with Gasteiger partial charge in [-0.2, -0.15) is 9.97 Å². The average Bonchev–Trinajstić information content (AvgIpc) is 2.28. The van der Waals surface area contributed by atoms with Crippen molar-refractivity contribution in [3.63, 3.8) is 0 Å². The van der Waals surface area contributed by atoms with Crippen molar-refractivity contribution in [2.45, 2.75) is 0 Å². The van der Waals surface area contributed by atoms with Crippen LogP contribution in [0.5, 0.6) is 5.88 Å². The van der Waals surface area contributed by atoms with E-state index in [9.17, 15) is 0 Å². The van der Waals surface area contributed by atoms with Gasteiger partial charge in [0.1, 0.15) is 12.4 Å². The molecule has 1 aromatic rings. The molecule has 8 nitrogen and oxygen atoms in total. The summed E-state index contributed by atoms with van der Waals surface area (Å²) in [7, 11) is 3.26. The van der Waals surface area contributed by atoms with Gasteiger partial charge in [0, 0.05) is 14.2 Å². The lowest BCUT2D eigenvalue weighted by atomic mass is 10.4. The highest BCUT2D eigenvalue weighted by Crippen LogP contribution is 2.25. The Morgan fingerprint density at radius 2 is 2.00 bits per heavy atom. The molecule has 1 rings (SSSR count). The van der Waals surface area contributed by atoms with Gasteiger partial charge in [0.15, 0.2) is 5.82 Å². The summed E-state index contributed by atoms with van der Waals surface area (Å²) in [5.41, 5.74) is 11.6. The topological polar surface area (TPSA) is 120 Å². The lowest BCUT2D eigenvalue weighted by Crippen LogP contribution is -2.23. The van der Waals surface area contributed by atoms with E-state index in [1.807, 2.05) is 0 Å². The molecule has 0 aromatic carbocycles. The van der Waals surface area contributed by atoms with Crippen LogP contribution in [0.3, 0.4) is 0 Å². The number of methoxy groups -OCH3 is 1. The van der Waals surface area contributed by atoms with Crippen LogP contribution in [-0.2, 0) is 4.74 Å². The Bertz CT molecular complexity index is 346. The monoisotopic (exact) mass is 228 g/mol. The van der Waals surface area contributed by atoms with Crippen LogP contribution in [0.4, 0.5) is 17.5 Å². The lowest BCUT2D eigenvalue weighted by molar-refractivity contribution is 0.143. The summed E-state index contributed by atoms with van der Waals surface area (Å²) in [6.07, 6.45) is 0. The predicted octanol–water partition coefficient (Wildman–Crippen LogP) is -0.787. The summed E-state index contributed by atoms with van der Waals surface area (Å²) in [5, 5.41) is 5.64. The minimum absolute atomic E-state index is 0.0975. The molecule has 90 valence electrons. The average molecular weight is 228 g/mol. The van der Waals surface area contributed by atoms with Crippen LogP contribution >= 0.6 is 0 Å². The molecule has 0 aliphatic carbocycles. The summed E-state index contributed by atoms with van der Waals surface area (Å²) in [6.45, 7) is 0.594. The zero-order valence-electron chi connectivity index (χ0n) is 9.28. The third-order valence-electron chi connectivity index (χ3n) is 1.72. The number of nitrogen functional groups attached to an aromatic ring is 2. The van der Waals surface area contributed by atoms with Gasteiger partial charge in [0.25, 0.3) is 0 Å². The van der Waals surface area contributed by atoms with Gasteiger partial charge in [0.05, 0.1) is 6.73 Å². The summed E-state index contributed by atoms with van der Waals surface area (Å²) >= 11 is 0. The van der Waals surface area contributed by atoms with Gasteiger partial charge >= 0.3 is 0 Å². The third kappa shape index (κ3) is 3.11. The van der Waals surface area contributed by atoms with E-state index in [-0.39, 0.29) is 18.6 Å². The molecule has 0 saturated carbocycles. The molecule has 0 radical (unpaired) electrons. The summed E-state index contributed by atoms with van der Waals surface area (Å²) in [4.78, 5) is 7.78. The van der Waals surface area contributed by atoms with Crippen LogP contribution in [0.1, 0.15) is 0 Å². The Morgan fingerprint density at radius 3 is 2.62 bits per heavy atom. The van der Waals surface area contributed by atoms with E-state index in [0.29, 0.717) is 18.2 Å². The number of hydrogen-bond donors (Lipinski definition) is 4. The van der Waals surface area contributed by atoms with Crippen molar-refractivity contribution >= 4 is 17.5 Å². The molecule has 0 atom stereocenters. The van der Waals surface area contributed by atoms with Gasteiger partial charge in [-0.3, -0.25) is 5.32 Å². The number of hydrogen-bond acceptors (Lipinski definition) is 8. The maximum Gasteiger partial charge on any atom is 0.245 e. The quantitative estimate of drug-likeness (QED) is 0.369. The van der Waals surface area contributed by atoms with E-state index in [1.165, 1.54) is 0 Å². The number of nitrogens with two attached hydrogens (primary N) is 2. The van der Waals surface area contributed by atoms with E-state index >= 15 is 0 Å². The molecule has 0 aliphatic rings. The maximum absolute atomic E-state index is 5.75. The van der Waals surface area contributed by atoms with E-state index in [4.69, 9.17) is 20.9 Å². The number of nitrogens with one attached hydrogen (secondary N) is 2. The maximum atomic E-state index is 5.75. The molecule has 0 aliphatic heterocycles. The second-order valence-corrected chi connectivity index (χ2v) is 2.87. The number of nitrogens with zero attached hydrogens (tertiary/aromatic N) is 2. The zero-order valence-corrected chi connectivity index (χ0v) is 9.28. The van der Waals surface area contributed by atoms with Crippen molar-refractivity contribution in [1.82, 2.24) is 15.3 Å². The molecule has 1 aromatic heterocycles. The third-order valence-corrected chi connectivity index (χ3v) is 1.72. The Hall–Kier alpha value is -1.80. The molecule has 0 unspecified atom stereocenters. The number of rotatable bonds is 6. The van der Waals surface area contributed by atoms with Crippen LogP contribution < -0.4 is 26.8 Å². The van der Waals surface area contributed by atoms with Crippen LogP contribution in [0.15, 0.2) is 0 Å². The fourth-order valence-electron chi connectivity index (χ4n) is 1.03. The Labute approximate surface area is 93.3 Å². The fourth-order valence-corrected chi connectivity index (χ4v) is 1.03. The largest absolute Gasteiger partial charge is 0.460 e. The van der Waals surface area contributed by atoms with E-state index in [2.05, 4.69) is 20.6 Å². The first kappa shape index (κ1) is 12.3. The molecule has 0 bridgehead atoms. The van der Waals surface area contributed by atoms with Crippen LogP contribution in [0.2, 0.25) is 0 Å². The first-order valence-corrected chi connectivity index (χ1v) is 4.62. The van der Waals surface area contributed by atoms with Crippen molar-refractivity contribution in [3.8, 4) is 5.88 Å². The molecule has 0 amide bonds. The first-order valence-electron chi connectivity index (χ1n) is 4.62. The van der Waals surface area contributed by atoms with Gasteiger partial charge in [-0.1, -0.05) is 0 Å². The predicted molar refractivity (Wildman–Crippen MR) is 60.9 cm³/mol. The van der Waals surface area contributed by atoms with E-state index < -0.39 is 0 Å². The van der Waals surface area contributed by atoms with Crippen LogP contribution in [0, 0.1) is 0 Å². The molecule has 6 N–H and O–H groups in total. The minimum Gasteiger partial charge on any atom is -0.460 e. The molecule has 0 saturated heterocycles. The van der Waals surface area contributed by atoms with Gasteiger partial charge < -0.3 is 26.3 Å². The Kier molecular flexibility index (Phi) is 4.55. The zero-order chi connectivity index (χ0) is 12.0. The van der Waals surface area contributed by atoms with E-state index in [1.54, 1.807) is 14.2 Å². The van der Waals surface area contributed by atoms with E-state index in [0.717, 1.165) is 0 Å². The second kappa shape index (κ2) is 5.93. The number of aromatic nitrogens is 2. The molecule has 0 fully saturated rings. The number of anilines is 3. The molecule has 16 heavy (non-hydrogen) atoms. The Balaban J connectivity index is 2.67. The highest BCUT2D eigenvalue weighted by molar-refractivity contribution is 5.68. The summed E-state index contributed by atoms with van der Waals surface area (Å²) in [6, 6.07) is 0. The highest BCUT2D eigenvalue weighted by atomic mass is 16.5. The van der Waals surface area contributed by atoms with Crippen molar-refractivity contribution in [2.24, 2.45) is 0 Å². The standard InChI is InChI=1S/C8H16N6O2/c1-11-6-5(9)7(14-8(10)13-6)16-4-12-3-15-2/h12H,3-4,9H2,1-2H3,(H3,10,11,13,14). The SMILES string of the molecule is CNc1nc(N)nc(OCNCOC)c1N. The Morgan fingerprint density at radius 1 is 1.25 bits per heavy atom. The van der Waals surface area contributed by atoms with Crippen molar-refractivity contribution in [3.05, 3.63) is 0 Å². The molecular weight excluding hydrogens is 212 g/mol. The fraction of sp³-hybridized carbons (Fsp3) is 0.500. The van der Waals surface area contributed by atoms with Gasteiger partial charge in [0.2, 0.25) is 11.8 Å². The van der Waals surface area contributed by atoms with Gasteiger partial charge in [-0.25, -0.2) is 0 Å². The highest BCUT2D eigenvalue weighted by Gasteiger charge is 2.10. The molecule has 0 spiro atoms. The normalized spacial score (nSPS) is 10.1. The van der Waals surface area contributed by atoms with Crippen molar-refractivity contribution in [1.29, 1.82) is 0 Å². The number of ether oxygens (including phenoxy) is 2. The smallest absolute Gasteiger partial charge is 0.245 e. The first-order chi connectivity index (χ1) is 7.69. The summed E-state index contributed by atoms with van der Waals surface area (Å²) in [5.74, 6) is 0.773. The molecule has 8 heteroatoms. The van der Waals surface area contributed by atoms with Crippen molar-refractivity contribution < 1.29 is 9.47 Å². The van der Waals surface area contributed by atoms with Gasteiger partial charge in [-0.15, -0.1) is 0 Å². The van der Waals surface area contributed by atoms with Crippen molar-refractivity contribution in [2.75, 3.05) is 44.4 Å².